The highest BCUT2D eigenvalue weighted by Crippen LogP contribution is 2.19. The lowest BCUT2D eigenvalue weighted by molar-refractivity contribution is 0.812. The van der Waals surface area contributed by atoms with Crippen LogP contribution in [0.3, 0.4) is 0 Å². The summed E-state index contributed by atoms with van der Waals surface area (Å²) in [7, 11) is 0. The molecule has 2 rings (SSSR count). The summed E-state index contributed by atoms with van der Waals surface area (Å²) < 4.78 is 0.970. The standard InChI is InChI=1S/C11H11IN4OS/c1-2-3-8-4-9(17)16-11(15-8)18-10-13-5-7(12)6-14-10/h4-6H,2-3H2,1H3,(H,15,16,17). The van der Waals surface area contributed by atoms with E-state index < -0.39 is 0 Å². The van der Waals surface area contributed by atoms with Gasteiger partial charge in [0.15, 0.2) is 10.3 Å². The maximum absolute atomic E-state index is 11.5. The Morgan fingerprint density at radius 2 is 2.11 bits per heavy atom. The van der Waals surface area contributed by atoms with Gasteiger partial charge in [-0.05, 0) is 40.8 Å². The molecule has 2 aromatic heterocycles. The molecule has 7 heteroatoms. The Morgan fingerprint density at radius 3 is 2.78 bits per heavy atom. The molecule has 5 nitrogen and oxygen atoms in total. The summed E-state index contributed by atoms with van der Waals surface area (Å²) in [5, 5.41) is 1.11. The van der Waals surface area contributed by atoms with Gasteiger partial charge < -0.3 is 4.98 Å². The van der Waals surface area contributed by atoms with Crippen molar-refractivity contribution in [3.05, 3.63) is 38.1 Å². The van der Waals surface area contributed by atoms with E-state index in [4.69, 9.17) is 0 Å². The van der Waals surface area contributed by atoms with Crippen LogP contribution in [0.15, 0.2) is 33.6 Å². The van der Waals surface area contributed by atoms with Gasteiger partial charge >= 0.3 is 0 Å². The molecule has 0 aliphatic carbocycles. The zero-order valence-corrected chi connectivity index (χ0v) is 12.7. The molecule has 0 spiro atoms. The molecule has 0 fully saturated rings. The molecule has 0 unspecified atom stereocenters. The smallest absolute Gasteiger partial charge is 0.251 e. The second kappa shape index (κ2) is 6.28. The second-order valence-electron chi connectivity index (χ2n) is 3.58. The lowest BCUT2D eigenvalue weighted by Crippen LogP contribution is -2.10. The number of H-pyrrole nitrogens is 1. The number of aryl methyl sites for hydroxylation is 1. The van der Waals surface area contributed by atoms with Crippen LogP contribution in [-0.2, 0) is 6.42 Å². The monoisotopic (exact) mass is 374 g/mol. The molecule has 2 heterocycles. The average Bonchev–Trinajstić information content (AvgIpc) is 2.32. The zero-order chi connectivity index (χ0) is 13.0. The van der Waals surface area contributed by atoms with Crippen molar-refractivity contribution in [2.24, 2.45) is 0 Å². The highest BCUT2D eigenvalue weighted by Gasteiger charge is 2.05. The van der Waals surface area contributed by atoms with Crippen LogP contribution in [0.5, 0.6) is 0 Å². The topological polar surface area (TPSA) is 71.5 Å². The van der Waals surface area contributed by atoms with Crippen molar-refractivity contribution in [1.29, 1.82) is 0 Å². The van der Waals surface area contributed by atoms with Crippen molar-refractivity contribution in [3.8, 4) is 0 Å². The molecule has 0 bridgehead atoms. The number of nitrogens with zero attached hydrogens (tertiary/aromatic N) is 3. The second-order valence-corrected chi connectivity index (χ2v) is 5.78. The number of aromatic nitrogens is 4. The van der Waals surface area contributed by atoms with Gasteiger partial charge in [-0.2, -0.15) is 0 Å². The predicted octanol–water partition coefficient (Wildman–Crippen LogP) is 2.27. The van der Waals surface area contributed by atoms with Crippen LogP contribution < -0.4 is 5.56 Å². The molecule has 0 atom stereocenters. The fourth-order valence-corrected chi connectivity index (χ4v) is 2.33. The Kier molecular flexibility index (Phi) is 4.70. The van der Waals surface area contributed by atoms with Gasteiger partial charge in [0, 0.05) is 27.7 Å². The molecule has 0 aliphatic heterocycles. The van der Waals surface area contributed by atoms with Gasteiger partial charge in [0.05, 0.1) is 0 Å². The quantitative estimate of drug-likeness (QED) is 0.657. The minimum Gasteiger partial charge on any atom is -0.301 e. The Hall–Kier alpha value is -0.960. The van der Waals surface area contributed by atoms with Crippen molar-refractivity contribution >= 4 is 34.4 Å². The lowest BCUT2D eigenvalue weighted by Gasteiger charge is -2.02. The molecule has 0 radical (unpaired) electrons. The maximum Gasteiger partial charge on any atom is 0.251 e. The van der Waals surface area contributed by atoms with Gasteiger partial charge in [0.1, 0.15) is 0 Å². The molecule has 0 saturated carbocycles. The summed E-state index contributed by atoms with van der Waals surface area (Å²) in [5.41, 5.74) is 0.663. The van der Waals surface area contributed by atoms with Crippen LogP contribution in [0.4, 0.5) is 0 Å². The van der Waals surface area contributed by atoms with E-state index in [1.165, 1.54) is 17.8 Å². The molecule has 94 valence electrons. The third kappa shape index (κ3) is 3.77. The van der Waals surface area contributed by atoms with E-state index in [1.54, 1.807) is 12.4 Å². The van der Waals surface area contributed by atoms with Crippen LogP contribution >= 0.6 is 34.4 Å². The summed E-state index contributed by atoms with van der Waals surface area (Å²) in [6.07, 6.45) is 5.21. The molecular weight excluding hydrogens is 363 g/mol. The number of halogens is 1. The zero-order valence-electron chi connectivity index (χ0n) is 9.68. The van der Waals surface area contributed by atoms with E-state index in [0.29, 0.717) is 10.3 Å². The Bertz CT molecular complexity index is 584. The highest BCUT2D eigenvalue weighted by atomic mass is 127. The van der Waals surface area contributed by atoms with E-state index in [9.17, 15) is 4.79 Å². The predicted molar refractivity (Wildman–Crippen MR) is 77.7 cm³/mol. The normalized spacial score (nSPS) is 10.6. The van der Waals surface area contributed by atoms with Crippen LogP contribution in [0.25, 0.3) is 0 Å². The number of aromatic amines is 1. The number of hydrogen-bond acceptors (Lipinski definition) is 5. The first kappa shape index (κ1) is 13.5. The highest BCUT2D eigenvalue weighted by molar-refractivity contribution is 14.1. The van der Waals surface area contributed by atoms with E-state index >= 15 is 0 Å². The molecule has 0 saturated heterocycles. The van der Waals surface area contributed by atoms with Gasteiger partial charge in [-0.15, -0.1) is 0 Å². The Labute approximate surface area is 122 Å². The first-order valence-electron chi connectivity index (χ1n) is 5.43. The van der Waals surface area contributed by atoms with E-state index in [1.807, 2.05) is 0 Å². The van der Waals surface area contributed by atoms with E-state index in [-0.39, 0.29) is 5.56 Å². The summed E-state index contributed by atoms with van der Waals surface area (Å²) in [6, 6.07) is 1.53. The molecule has 0 aromatic carbocycles. The lowest BCUT2D eigenvalue weighted by atomic mass is 10.2. The SMILES string of the molecule is CCCc1cc(=O)[nH]c(Sc2ncc(I)cn2)n1. The van der Waals surface area contributed by atoms with Gasteiger partial charge in [-0.3, -0.25) is 4.79 Å². The molecular formula is C11H11IN4OS. The fraction of sp³-hybridized carbons (Fsp3) is 0.273. The van der Waals surface area contributed by atoms with Crippen LogP contribution in [0.1, 0.15) is 19.0 Å². The number of hydrogen-bond donors (Lipinski definition) is 1. The van der Waals surface area contributed by atoms with E-state index in [2.05, 4.69) is 49.5 Å². The summed E-state index contributed by atoms with van der Waals surface area (Å²) in [5.74, 6) is 0. The molecule has 1 N–H and O–H groups in total. The van der Waals surface area contributed by atoms with Crippen molar-refractivity contribution in [3.63, 3.8) is 0 Å². The maximum atomic E-state index is 11.5. The van der Waals surface area contributed by atoms with Crippen LogP contribution in [0, 0.1) is 3.57 Å². The van der Waals surface area contributed by atoms with Crippen molar-refractivity contribution in [2.75, 3.05) is 0 Å². The Morgan fingerprint density at radius 1 is 1.39 bits per heavy atom. The number of nitrogens with one attached hydrogen (secondary N) is 1. The third-order valence-electron chi connectivity index (χ3n) is 2.06. The largest absolute Gasteiger partial charge is 0.301 e. The van der Waals surface area contributed by atoms with Gasteiger partial charge in [0.2, 0.25) is 0 Å². The average molecular weight is 374 g/mol. The van der Waals surface area contributed by atoms with Crippen LogP contribution in [0.2, 0.25) is 0 Å². The van der Waals surface area contributed by atoms with Gasteiger partial charge in [-0.1, -0.05) is 13.3 Å². The summed E-state index contributed by atoms with van der Waals surface area (Å²) >= 11 is 3.40. The van der Waals surface area contributed by atoms with Crippen molar-refractivity contribution < 1.29 is 0 Å². The summed E-state index contributed by atoms with van der Waals surface area (Å²) in [6.45, 7) is 2.05. The van der Waals surface area contributed by atoms with Gasteiger partial charge in [0.25, 0.3) is 5.56 Å². The first-order chi connectivity index (χ1) is 8.67. The molecule has 2 aromatic rings. The first-order valence-corrected chi connectivity index (χ1v) is 7.32. The molecule has 0 aliphatic rings. The third-order valence-corrected chi connectivity index (χ3v) is 3.40. The molecule has 0 amide bonds. The summed E-state index contributed by atoms with van der Waals surface area (Å²) in [4.78, 5) is 26.9. The van der Waals surface area contributed by atoms with Gasteiger partial charge in [-0.25, -0.2) is 15.0 Å². The molecule has 18 heavy (non-hydrogen) atoms. The Balaban J connectivity index is 2.23. The minimum atomic E-state index is -0.138. The number of rotatable bonds is 4. The van der Waals surface area contributed by atoms with Crippen LogP contribution in [-0.4, -0.2) is 19.9 Å². The van der Waals surface area contributed by atoms with Crippen molar-refractivity contribution in [2.45, 2.75) is 30.1 Å². The fourth-order valence-electron chi connectivity index (χ4n) is 1.36. The van der Waals surface area contributed by atoms with Crippen molar-refractivity contribution in [1.82, 2.24) is 19.9 Å². The minimum absolute atomic E-state index is 0.138. The van der Waals surface area contributed by atoms with E-state index in [0.717, 1.165) is 22.1 Å².